The van der Waals surface area contributed by atoms with E-state index in [1.165, 1.54) is 49.7 Å². The molecule has 0 aliphatic carbocycles. The Hall–Kier alpha value is -2.13. The molecular formula is C13H14N2O5S2. The summed E-state index contributed by atoms with van der Waals surface area (Å²) in [5.74, 6) is 0.362. The molecule has 0 aliphatic heterocycles. The first-order valence-electron chi connectivity index (χ1n) is 6.05. The van der Waals surface area contributed by atoms with Gasteiger partial charge in [-0.3, -0.25) is 4.72 Å². The number of sulfonamides is 1. The molecule has 0 atom stereocenters. The molecule has 0 saturated carbocycles. The lowest BCUT2D eigenvalue weighted by Gasteiger charge is -2.08. The molecule has 0 fully saturated rings. The van der Waals surface area contributed by atoms with Crippen LogP contribution in [-0.2, 0) is 19.9 Å². The summed E-state index contributed by atoms with van der Waals surface area (Å²) in [6, 6.07) is 7.98. The molecule has 0 saturated heterocycles. The van der Waals surface area contributed by atoms with Crippen molar-refractivity contribution in [1.29, 1.82) is 0 Å². The van der Waals surface area contributed by atoms with Gasteiger partial charge < -0.3 is 4.74 Å². The fourth-order valence-electron chi connectivity index (χ4n) is 1.64. The number of ether oxygens (including phenoxy) is 1. The second kappa shape index (κ2) is 5.93. The number of benzene rings is 1. The second-order valence-corrected chi connectivity index (χ2v) is 8.14. The number of aromatic nitrogens is 1. The normalized spacial score (nSPS) is 11.9. The van der Waals surface area contributed by atoms with Gasteiger partial charge in [0.15, 0.2) is 9.84 Å². The second-order valence-electron chi connectivity index (χ2n) is 4.44. The smallest absolute Gasteiger partial charge is 0.261 e. The van der Waals surface area contributed by atoms with E-state index in [0.717, 1.165) is 6.26 Å². The summed E-state index contributed by atoms with van der Waals surface area (Å²) in [4.78, 5) is 3.90. The van der Waals surface area contributed by atoms with E-state index in [1.807, 2.05) is 0 Å². The fourth-order valence-corrected chi connectivity index (χ4v) is 3.32. The average Bonchev–Trinajstić information content (AvgIpc) is 2.47. The van der Waals surface area contributed by atoms with Crippen LogP contribution in [0.2, 0.25) is 0 Å². The lowest BCUT2D eigenvalue weighted by Crippen LogP contribution is -2.13. The quantitative estimate of drug-likeness (QED) is 0.878. The zero-order valence-corrected chi connectivity index (χ0v) is 13.5. The summed E-state index contributed by atoms with van der Waals surface area (Å²) in [5, 5.41) is 0. The highest BCUT2D eigenvalue weighted by Crippen LogP contribution is 2.19. The molecule has 0 spiro atoms. The summed E-state index contributed by atoms with van der Waals surface area (Å²) < 4.78 is 54.3. The van der Waals surface area contributed by atoms with Crippen LogP contribution in [0.15, 0.2) is 52.4 Å². The number of pyridine rings is 1. The van der Waals surface area contributed by atoms with Gasteiger partial charge in [0.2, 0.25) is 5.88 Å². The molecule has 2 aromatic rings. The predicted octanol–water partition coefficient (Wildman–Crippen LogP) is 1.29. The maximum Gasteiger partial charge on any atom is 0.261 e. The molecule has 118 valence electrons. The van der Waals surface area contributed by atoms with E-state index in [-0.39, 0.29) is 15.5 Å². The van der Waals surface area contributed by atoms with Crippen molar-refractivity contribution < 1.29 is 21.6 Å². The molecule has 0 radical (unpaired) electrons. The summed E-state index contributed by atoms with van der Waals surface area (Å²) >= 11 is 0. The van der Waals surface area contributed by atoms with E-state index in [4.69, 9.17) is 4.74 Å². The molecule has 7 nitrogen and oxygen atoms in total. The van der Waals surface area contributed by atoms with Crippen molar-refractivity contribution in [3.63, 3.8) is 0 Å². The lowest BCUT2D eigenvalue weighted by molar-refractivity contribution is 0.398. The van der Waals surface area contributed by atoms with Crippen molar-refractivity contribution in [1.82, 2.24) is 4.98 Å². The summed E-state index contributed by atoms with van der Waals surface area (Å²) in [7, 11) is -5.74. The van der Waals surface area contributed by atoms with Crippen molar-refractivity contribution in [3.8, 4) is 5.88 Å². The van der Waals surface area contributed by atoms with E-state index in [2.05, 4.69) is 9.71 Å². The van der Waals surface area contributed by atoms with Crippen molar-refractivity contribution in [3.05, 3.63) is 42.6 Å². The van der Waals surface area contributed by atoms with Gasteiger partial charge >= 0.3 is 0 Å². The largest absolute Gasteiger partial charge is 0.481 e. The molecule has 9 heteroatoms. The number of nitrogens with one attached hydrogen (secondary N) is 1. The molecule has 0 unspecified atom stereocenters. The molecular weight excluding hydrogens is 328 g/mol. The van der Waals surface area contributed by atoms with Gasteiger partial charge in [0.1, 0.15) is 0 Å². The number of sulfone groups is 1. The highest BCUT2D eigenvalue weighted by Gasteiger charge is 2.16. The van der Waals surface area contributed by atoms with Crippen LogP contribution >= 0.6 is 0 Å². The molecule has 0 aliphatic rings. The zero-order valence-electron chi connectivity index (χ0n) is 11.8. The van der Waals surface area contributed by atoms with E-state index < -0.39 is 19.9 Å². The molecule has 0 bridgehead atoms. The maximum absolute atomic E-state index is 12.2. The first-order valence-corrected chi connectivity index (χ1v) is 9.43. The van der Waals surface area contributed by atoms with Crippen LogP contribution in [0.25, 0.3) is 0 Å². The van der Waals surface area contributed by atoms with Gasteiger partial charge in [0.05, 0.1) is 28.8 Å². The van der Waals surface area contributed by atoms with Gasteiger partial charge in [-0.15, -0.1) is 0 Å². The van der Waals surface area contributed by atoms with Gasteiger partial charge in [0, 0.05) is 12.3 Å². The van der Waals surface area contributed by atoms with Crippen LogP contribution in [0.4, 0.5) is 5.69 Å². The molecule has 1 aromatic carbocycles. The Morgan fingerprint density at radius 1 is 0.955 bits per heavy atom. The van der Waals surface area contributed by atoms with Crippen molar-refractivity contribution in [2.24, 2.45) is 0 Å². The van der Waals surface area contributed by atoms with Crippen LogP contribution in [-0.4, -0.2) is 35.2 Å². The summed E-state index contributed by atoms with van der Waals surface area (Å²) in [5.41, 5.74) is 0.271. The first kappa shape index (κ1) is 16.2. The maximum atomic E-state index is 12.2. The highest BCUT2D eigenvalue weighted by molar-refractivity contribution is 7.92. The lowest BCUT2D eigenvalue weighted by atomic mass is 10.4. The molecule has 2 rings (SSSR count). The zero-order chi connectivity index (χ0) is 16.4. The average molecular weight is 342 g/mol. The number of nitrogens with zero attached hydrogens (tertiary/aromatic N) is 1. The third-order valence-electron chi connectivity index (χ3n) is 2.76. The Morgan fingerprint density at radius 2 is 1.55 bits per heavy atom. The van der Waals surface area contributed by atoms with E-state index in [1.54, 1.807) is 0 Å². The van der Waals surface area contributed by atoms with Gasteiger partial charge in [0.25, 0.3) is 10.0 Å². The van der Waals surface area contributed by atoms with Crippen molar-refractivity contribution in [2.45, 2.75) is 9.79 Å². The third-order valence-corrected chi connectivity index (χ3v) is 5.29. The SMILES string of the molecule is COc1ccc(NS(=O)(=O)c2ccc(S(C)(=O)=O)cc2)cn1. The Labute approximate surface area is 128 Å². The minimum absolute atomic E-state index is 0.0456. The minimum Gasteiger partial charge on any atom is -0.481 e. The Kier molecular flexibility index (Phi) is 4.38. The van der Waals surface area contributed by atoms with Crippen LogP contribution in [0.1, 0.15) is 0 Å². The minimum atomic E-state index is -3.82. The molecule has 1 aromatic heterocycles. The first-order chi connectivity index (χ1) is 10.2. The molecule has 22 heavy (non-hydrogen) atoms. The van der Waals surface area contributed by atoms with Crippen molar-refractivity contribution in [2.75, 3.05) is 18.1 Å². The number of anilines is 1. The van der Waals surface area contributed by atoms with Gasteiger partial charge in [-0.1, -0.05) is 0 Å². The third kappa shape index (κ3) is 3.74. The molecule has 1 N–H and O–H groups in total. The number of hydrogen-bond donors (Lipinski definition) is 1. The van der Waals surface area contributed by atoms with E-state index >= 15 is 0 Å². The van der Waals surface area contributed by atoms with Crippen LogP contribution in [0, 0.1) is 0 Å². The predicted molar refractivity (Wildman–Crippen MR) is 81.1 cm³/mol. The van der Waals surface area contributed by atoms with Crippen LogP contribution in [0.3, 0.4) is 0 Å². The number of hydrogen-bond acceptors (Lipinski definition) is 6. The molecule has 1 heterocycles. The van der Waals surface area contributed by atoms with Gasteiger partial charge in [-0.2, -0.15) is 0 Å². The van der Waals surface area contributed by atoms with Gasteiger partial charge in [-0.25, -0.2) is 21.8 Å². The van der Waals surface area contributed by atoms with E-state index in [9.17, 15) is 16.8 Å². The highest BCUT2D eigenvalue weighted by atomic mass is 32.2. The summed E-state index contributed by atoms with van der Waals surface area (Å²) in [6.07, 6.45) is 2.37. The van der Waals surface area contributed by atoms with E-state index in [0.29, 0.717) is 5.88 Å². The fraction of sp³-hybridized carbons (Fsp3) is 0.154. The number of methoxy groups -OCH3 is 1. The van der Waals surface area contributed by atoms with Crippen molar-refractivity contribution >= 4 is 25.5 Å². The monoisotopic (exact) mass is 342 g/mol. The summed E-state index contributed by atoms with van der Waals surface area (Å²) in [6.45, 7) is 0. The Morgan fingerprint density at radius 3 is 2.00 bits per heavy atom. The van der Waals surface area contributed by atoms with Gasteiger partial charge in [-0.05, 0) is 30.3 Å². The molecule has 0 amide bonds. The number of rotatable bonds is 5. The topological polar surface area (TPSA) is 102 Å². The Bertz CT molecular complexity index is 858. The standard InChI is InChI=1S/C13H14N2O5S2/c1-20-13-8-3-10(9-14-13)15-22(18,19)12-6-4-11(5-7-12)21(2,16)17/h3-9,15H,1-2H3. The van der Waals surface area contributed by atoms with Crippen LogP contribution in [0.5, 0.6) is 5.88 Å². The Balaban J connectivity index is 2.26. The van der Waals surface area contributed by atoms with Crippen LogP contribution < -0.4 is 9.46 Å².